The number of nitrogens with zero attached hydrogens (tertiary/aromatic N) is 8. The average molecular weight is 751 g/mol. The van der Waals surface area contributed by atoms with Gasteiger partial charge in [0.1, 0.15) is 0 Å². The molecule has 8 nitrogen and oxygen atoms in total. The van der Waals surface area contributed by atoms with Crippen molar-refractivity contribution in [3.05, 3.63) is 36.1 Å². The van der Waals surface area contributed by atoms with E-state index >= 15 is 0 Å². The molecule has 2 radical (unpaired) electrons. The van der Waals surface area contributed by atoms with E-state index in [1.807, 2.05) is 18.4 Å². The van der Waals surface area contributed by atoms with Crippen molar-refractivity contribution in [1.29, 1.82) is 0 Å². The molecule has 3 aromatic rings. The zero-order chi connectivity index (χ0) is 20.7. The number of fused-ring (bicyclic) bond motifs is 2. The summed E-state index contributed by atoms with van der Waals surface area (Å²) in [5.74, 6) is 1.45. The molecular formula is C20H26N8Re2-2. The Morgan fingerprint density at radius 3 is 2.10 bits per heavy atom. The van der Waals surface area contributed by atoms with Gasteiger partial charge < -0.3 is 24.5 Å². The largest absolute Gasteiger partial charge is 0.371 e. The maximum absolute atomic E-state index is 4.37. The average Bonchev–Trinajstić information content (AvgIpc) is 3.17. The maximum atomic E-state index is 4.37. The van der Waals surface area contributed by atoms with E-state index in [0.29, 0.717) is 5.69 Å². The van der Waals surface area contributed by atoms with Crippen LogP contribution in [0.3, 0.4) is 0 Å². The molecule has 1 unspecified atom stereocenters. The minimum Gasteiger partial charge on any atom is -0.371 e. The van der Waals surface area contributed by atoms with E-state index < -0.39 is 0 Å². The van der Waals surface area contributed by atoms with Gasteiger partial charge in [0, 0.05) is 74.9 Å². The molecule has 0 N–H and O–H groups in total. The van der Waals surface area contributed by atoms with Gasteiger partial charge >= 0.3 is 0 Å². The zero-order valence-corrected chi connectivity index (χ0v) is 23.9. The monoisotopic (exact) mass is 752 g/mol. The quantitative estimate of drug-likeness (QED) is 0.317. The SMILES string of the molecule is Cc1n[c-]c2c(n1)C(C(C)(C)C)N=N2.Cc1n[c-]c2ncn(C(C)(C)C)c2n1.[Re].[Re]. The molecule has 1 aliphatic rings. The number of aromatic nitrogens is 6. The van der Waals surface area contributed by atoms with Crippen molar-refractivity contribution in [2.24, 2.45) is 15.6 Å². The summed E-state index contributed by atoms with van der Waals surface area (Å²) < 4.78 is 2.04. The summed E-state index contributed by atoms with van der Waals surface area (Å²) in [7, 11) is 0. The summed E-state index contributed by atoms with van der Waals surface area (Å²) in [6.07, 6.45) is 7.50. The van der Waals surface area contributed by atoms with Crippen LogP contribution in [0.5, 0.6) is 0 Å². The molecule has 0 spiro atoms. The maximum Gasteiger partial charge on any atom is 0.0838 e. The van der Waals surface area contributed by atoms with Gasteiger partial charge in [0.25, 0.3) is 0 Å². The van der Waals surface area contributed by atoms with Crippen LogP contribution in [0.1, 0.15) is 64.9 Å². The molecule has 162 valence electrons. The van der Waals surface area contributed by atoms with Crippen LogP contribution in [0.2, 0.25) is 0 Å². The third-order valence-corrected chi connectivity index (χ3v) is 4.26. The Hall–Kier alpha value is -1.45. The Bertz CT molecular complexity index is 1030. The normalized spacial score (nSPS) is 15.0. The summed E-state index contributed by atoms with van der Waals surface area (Å²) in [5, 5.41) is 8.24. The molecule has 1 aliphatic heterocycles. The van der Waals surface area contributed by atoms with Crippen LogP contribution >= 0.6 is 0 Å². The summed E-state index contributed by atoms with van der Waals surface area (Å²) >= 11 is 0. The topological polar surface area (TPSA) is 94.1 Å². The number of hydrogen-bond acceptors (Lipinski definition) is 7. The number of hydrogen-bond donors (Lipinski definition) is 0. The first-order valence-electron chi connectivity index (χ1n) is 9.24. The number of aryl methyl sites for hydroxylation is 2. The second-order valence-corrected chi connectivity index (χ2v) is 8.94. The molecule has 0 bridgehead atoms. The van der Waals surface area contributed by atoms with Crippen molar-refractivity contribution < 1.29 is 40.8 Å². The Labute approximate surface area is 205 Å². The van der Waals surface area contributed by atoms with Gasteiger partial charge in [0.05, 0.1) is 12.4 Å². The molecule has 4 heterocycles. The van der Waals surface area contributed by atoms with Gasteiger partial charge in [-0.1, -0.05) is 34.6 Å². The van der Waals surface area contributed by atoms with E-state index in [2.05, 4.69) is 89.1 Å². The molecular weight excluding hydrogens is 725 g/mol. The predicted molar refractivity (Wildman–Crippen MR) is 106 cm³/mol. The molecule has 3 aromatic heterocycles. The second-order valence-electron chi connectivity index (χ2n) is 8.94. The molecule has 0 saturated heterocycles. The minimum atomic E-state index is -0.0105. The third-order valence-electron chi connectivity index (χ3n) is 4.26. The first-order chi connectivity index (χ1) is 13.0. The fourth-order valence-corrected chi connectivity index (χ4v) is 2.79. The van der Waals surface area contributed by atoms with Crippen molar-refractivity contribution in [3.8, 4) is 0 Å². The van der Waals surface area contributed by atoms with Crippen LogP contribution in [0.25, 0.3) is 11.2 Å². The van der Waals surface area contributed by atoms with Crippen molar-refractivity contribution in [2.75, 3.05) is 0 Å². The van der Waals surface area contributed by atoms with Crippen molar-refractivity contribution in [1.82, 2.24) is 29.5 Å². The molecule has 1 atom stereocenters. The predicted octanol–water partition coefficient (Wildman–Crippen LogP) is 4.45. The molecule has 30 heavy (non-hydrogen) atoms. The Balaban J connectivity index is 0.000000281. The van der Waals surface area contributed by atoms with Crippen molar-refractivity contribution >= 4 is 16.9 Å². The Morgan fingerprint density at radius 1 is 0.900 bits per heavy atom. The summed E-state index contributed by atoms with van der Waals surface area (Å²) in [6.45, 7) is 16.4. The van der Waals surface area contributed by atoms with E-state index in [9.17, 15) is 0 Å². The number of rotatable bonds is 0. The number of azo groups is 1. The van der Waals surface area contributed by atoms with Crippen LogP contribution in [0.15, 0.2) is 16.6 Å². The minimum absolute atomic E-state index is 0. The van der Waals surface area contributed by atoms with Gasteiger partial charge in [0.15, 0.2) is 0 Å². The number of imidazole rings is 1. The standard InChI is InChI=1S/2C10H13N4.2Re/c1-7-11-5-8-9(13-7)14(6-12-8)10(2,3)4;1-6-11-5-7-8(12-6)9(14-13-7)10(2,3)4;;/h6H,1-4H3;9H,1-4H3;;/q2*-1;;. The molecule has 10 heteroatoms. The molecule has 4 rings (SSSR count). The van der Waals surface area contributed by atoms with Crippen LogP contribution in [-0.4, -0.2) is 29.5 Å². The molecule has 0 aliphatic carbocycles. The van der Waals surface area contributed by atoms with Gasteiger partial charge in [-0.15, -0.1) is 0 Å². The molecule has 0 aromatic carbocycles. The van der Waals surface area contributed by atoms with Crippen LogP contribution in [-0.2, 0) is 46.4 Å². The molecule has 0 amide bonds. The van der Waals surface area contributed by atoms with E-state index in [-0.39, 0.29) is 57.8 Å². The Morgan fingerprint density at radius 2 is 1.50 bits per heavy atom. The smallest absolute Gasteiger partial charge is 0.0838 e. The zero-order valence-electron chi connectivity index (χ0n) is 18.5. The van der Waals surface area contributed by atoms with Gasteiger partial charge in [-0.2, -0.15) is 10.2 Å². The third kappa shape index (κ3) is 5.83. The van der Waals surface area contributed by atoms with Crippen molar-refractivity contribution in [2.45, 2.75) is 67.0 Å². The summed E-state index contributed by atoms with van der Waals surface area (Å²) in [4.78, 5) is 20.9. The van der Waals surface area contributed by atoms with Crippen LogP contribution in [0.4, 0.5) is 5.69 Å². The van der Waals surface area contributed by atoms with E-state index in [0.717, 1.165) is 28.5 Å². The van der Waals surface area contributed by atoms with E-state index in [4.69, 9.17) is 0 Å². The van der Waals surface area contributed by atoms with E-state index in [1.165, 1.54) is 0 Å². The van der Waals surface area contributed by atoms with Gasteiger partial charge in [-0.05, 0) is 44.3 Å². The van der Waals surface area contributed by atoms with Crippen LogP contribution in [0, 0.1) is 31.7 Å². The molecule has 0 fully saturated rings. The van der Waals surface area contributed by atoms with Gasteiger partial charge in [0.2, 0.25) is 0 Å². The summed E-state index contributed by atoms with van der Waals surface area (Å²) in [5.41, 5.74) is 3.21. The first kappa shape index (κ1) is 26.6. The fourth-order valence-electron chi connectivity index (χ4n) is 2.79. The molecule has 0 saturated carbocycles. The Kier molecular flexibility index (Phi) is 8.68. The summed E-state index contributed by atoms with van der Waals surface area (Å²) in [6, 6.07) is 0.0375. The van der Waals surface area contributed by atoms with Gasteiger partial charge in [-0.3, -0.25) is 4.98 Å². The van der Waals surface area contributed by atoms with Crippen molar-refractivity contribution in [3.63, 3.8) is 0 Å². The van der Waals surface area contributed by atoms with Crippen LogP contribution < -0.4 is 0 Å². The fraction of sp³-hybridized carbons (Fsp3) is 0.550. The second kappa shape index (κ2) is 9.79. The van der Waals surface area contributed by atoms with E-state index in [1.54, 1.807) is 6.33 Å². The van der Waals surface area contributed by atoms with Gasteiger partial charge in [-0.25, -0.2) is 0 Å². The first-order valence-corrected chi connectivity index (χ1v) is 9.24.